The molecule has 3 nitrogen and oxygen atoms in total. The van der Waals surface area contributed by atoms with E-state index in [4.69, 9.17) is 0 Å². The molecule has 3 atom stereocenters. The Balaban J connectivity index is 2.04. The average Bonchev–Trinajstić information content (AvgIpc) is 2.61. The van der Waals surface area contributed by atoms with E-state index in [2.05, 4.69) is 13.5 Å². The zero-order chi connectivity index (χ0) is 18.3. The van der Waals surface area contributed by atoms with Gasteiger partial charge in [-0.15, -0.1) is 0 Å². The van der Waals surface area contributed by atoms with Gasteiger partial charge in [-0.3, -0.25) is 0 Å². The van der Waals surface area contributed by atoms with Crippen molar-refractivity contribution in [3.05, 3.63) is 66.1 Å². The minimum absolute atomic E-state index is 0.249. The molecular weight excluding hydrogens is 332 g/mol. The van der Waals surface area contributed by atoms with Crippen LogP contribution in [0.25, 0.3) is 0 Å². The lowest BCUT2D eigenvalue weighted by atomic mass is 9.73. The first kappa shape index (κ1) is 19.7. The largest absolute Gasteiger partial charge is 0.389 e. The van der Waals surface area contributed by atoms with Gasteiger partial charge >= 0.3 is 0 Å². The van der Waals surface area contributed by atoms with Gasteiger partial charge in [0.15, 0.2) is 9.84 Å². The SMILES string of the molecule is C=C/C=C(\C)[C@H]1CCCC[C@@H]1CC(O)/C=C/S(=O)(=O)c1ccccc1. The molecule has 1 N–H and O–H groups in total. The van der Waals surface area contributed by atoms with Crippen LogP contribution in [0.1, 0.15) is 39.0 Å². The van der Waals surface area contributed by atoms with E-state index in [1.807, 2.05) is 12.2 Å². The molecule has 136 valence electrons. The second-order valence-electron chi connectivity index (χ2n) is 6.79. The van der Waals surface area contributed by atoms with Gasteiger partial charge < -0.3 is 5.11 Å². The molecule has 0 bridgehead atoms. The Morgan fingerprint density at radius 2 is 1.96 bits per heavy atom. The Hall–Kier alpha value is -1.65. The van der Waals surface area contributed by atoms with Gasteiger partial charge in [-0.2, -0.15) is 0 Å². The summed E-state index contributed by atoms with van der Waals surface area (Å²) in [6, 6.07) is 8.29. The Kier molecular flexibility index (Phi) is 7.21. The monoisotopic (exact) mass is 360 g/mol. The molecule has 0 saturated heterocycles. The minimum atomic E-state index is -3.50. The lowest BCUT2D eigenvalue weighted by Crippen LogP contribution is -2.24. The third kappa shape index (κ3) is 5.68. The standard InChI is InChI=1S/C21H28O3S/c1-3-9-17(2)21-13-8-7-10-18(21)16-19(22)14-15-25(23,24)20-11-5-4-6-12-20/h3-6,9,11-12,14-15,18-19,21-22H,1,7-8,10,13,16H2,2H3/b15-14+,17-9+/t18-,19?,21-/m1/s1. The Bertz CT molecular complexity index is 717. The summed E-state index contributed by atoms with van der Waals surface area (Å²) in [5.74, 6) is 0.824. The van der Waals surface area contributed by atoms with Crippen molar-refractivity contribution < 1.29 is 13.5 Å². The van der Waals surface area contributed by atoms with E-state index in [-0.39, 0.29) is 4.90 Å². The molecule has 1 aliphatic rings. The molecule has 1 fully saturated rings. The zero-order valence-electron chi connectivity index (χ0n) is 14.8. The van der Waals surface area contributed by atoms with E-state index in [1.54, 1.807) is 30.3 Å². The molecule has 1 aliphatic carbocycles. The number of rotatable bonds is 7. The first-order chi connectivity index (χ1) is 11.9. The number of aliphatic hydroxyl groups is 1. The molecule has 0 spiro atoms. The van der Waals surface area contributed by atoms with Crippen molar-refractivity contribution in [3.63, 3.8) is 0 Å². The van der Waals surface area contributed by atoms with Crippen molar-refractivity contribution in [1.29, 1.82) is 0 Å². The molecule has 0 aromatic heterocycles. The normalized spacial score (nSPS) is 23.5. The van der Waals surface area contributed by atoms with Crippen molar-refractivity contribution in [2.24, 2.45) is 11.8 Å². The fraction of sp³-hybridized carbons (Fsp3) is 0.429. The predicted molar refractivity (Wildman–Crippen MR) is 103 cm³/mol. The van der Waals surface area contributed by atoms with Gasteiger partial charge in [-0.1, -0.05) is 55.3 Å². The van der Waals surface area contributed by atoms with Crippen molar-refractivity contribution in [3.8, 4) is 0 Å². The molecule has 1 saturated carbocycles. The summed E-state index contributed by atoms with van der Waals surface area (Å²) in [7, 11) is -3.50. The first-order valence-corrected chi connectivity index (χ1v) is 10.4. The van der Waals surface area contributed by atoms with E-state index >= 15 is 0 Å². The number of hydrogen-bond acceptors (Lipinski definition) is 3. The van der Waals surface area contributed by atoms with E-state index < -0.39 is 15.9 Å². The summed E-state index contributed by atoms with van der Waals surface area (Å²) in [4.78, 5) is 0.249. The minimum Gasteiger partial charge on any atom is -0.389 e. The van der Waals surface area contributed by atoms with Crippen molar-refractivity contribution in [1.82, 2.24) is 0 Å². The smallest absolute Gasteiger partial charge is 0.199 e. The third-order valence-corrected chi connectivity index (χ3v) is 6.42. The Morgan fingerprint density at radius 3 is 2.64 bits per heavy atom. The Morgan fingerprint density at radius 1 is 1.28 bits per heavy atom. The number of allylic oxidation sites excluding steroid dienone is 3. The third-order valence-electron chi connectivity index (χ3n) is 4.97. The molecule has 1 aromatic rings. The van der Waals surface area contributed by atoms with Crippen molar-refractivity contribution in [2.75, 3.05) is 0 Å². The predicted octanol–water partition coefficient (Wildman–Crippen LogP) is 4.66. The Labute approximate surface area is 151 Å². The van der Waals surface area contributed by atoms with Gasteiger partial charge in [0, 0.05) is 5.41 Å². The molecule has 0 heterocycles. The summed E-state index contributed by atoms with van der Waals surface area (Å²) in [5, 5.41) is 11.5. The van der Waals surface area contributed by atoms with E-state index in [1.165, 1.54) is 24.5 Å². The lowest BCUT2D eigenvalue weighted by molar-refractivity contribution is 0.148. The molecule has 1 unspecified atom stereocenters. The molecule has 4 heteroatoms. The maximum absolute atomic E-state index is 12.3. The van der Waals surface area contributed by atoms with Crippen LogP contribution in [0, 0.1) is 11.8 Å². The molecule has 25 heavy (non-hydrogen) atoms. The van der Waals surface area contributed by atoms with E-state index in [0.717, 1.165) is 18.2 Å². The highest BCUT2D eigenvalue weighted by Gasteiger charge is 2.27. The van der Waals surface area contributed by atoms with Gasteiger partial charge in [-0.25, -0.2) is 8.42 Å². The molecular formula is C21H28O3S. The molecule has 1 aromatic carbocycles. The van der Waals surface area contributed by atoms with Crippen molar-refractivity contribution in [2.45, 2.75) is 50.0 Å². The van der Waals surface area contributed by atoms with Crippen LogP contribution in [0.4, 0.5) is 0 Å². The zero-order valence-corrected chi connectivity index (χ0v) is 15.7. The summed E-state index contributed by atoms with van der Waals surface area (Å²) < 4.78 is 24.5. The highest BCUT2D eigenvalue weighted by molar-refractivity contribution is 7.94. The van der Waals surface area contributed by atoms with Crippen LogP contribution in [0.2, 0.25) is 0 Å². The van der Waals surface area contributed by atoms with Crippen LogP contribution < -0.4 is 0 Å². The summed E-state index contributed by atoms with van der Waals surface area (Å²) in [6.45, 7) is 5.88. The topological polar surface area (TPSA) is 54.4 Å². The van der Waals surface area contributed by atoms with Crippen LogP contribution in [0.3, 0.4) is 0 Å². The number of hydrogen-bond donors (Lipinski definition) is 1. The molecule has 2 rings (SSSR count). The van der Waals surface area contributed by atoms with E-state index in [9.17, 15) is 13.5 Å². The van der Waals surface area contributed by atoms with Crippen molar-refractivity contribution >= 4 is 9.84 Å². The molecule has 0 radical (unpaired) electrons. The maximum atomic E-state index is 12.3. The number of sulfone groups is 1. The second kappa shape index (κ2) is 9.16. The van der Waals surface area contributed by atoms with Crippen LogP contribution in [0.15, 0.2) is 71.0 Å². The fourth-order valence-electron chi connectivity index (χ4n) is 3.67. The van der Waals surface area contributed by atoms with Crippen LogP contribution in [-0.2, 0) is 9.84 Å². The van der Waals surface area contributed by atoms with Gasteiger partial charge in [0.05, 0.1) is 11.0 Å². The average molecular weight is 361 g/mol. The highest BCUT2D eigenvalue weighted by Crippen LogP contribution is 2.37. The quantitative estimate of drug-likeness (QED) is 0.719. The highest BCUT2D eigenvalue weighted by atomic mass is 32.2. The first-order valence-electron chi connectivity index (χ1n) is 8.89. The van der Waals surface area contributed by atoms with Gasteiger partial charge in [0.25, 0.3) is 0 Å². The van der Waals surface area contributed by atoms with Crippen LogP contribution in [-0.4, -0.2) is 19.6 Å². The van der Waals surface area contributed by atoms with Gasteiger partial charge in [-0.05, 0) is 56.2 Å². The molecule has 0 amide bonds. The summed E-state index contributed by atoms with van der Waals surface area (Å²) in [6.07, 6.45) is 9.69. The van der Waals surface area contributed by atoms with Gasteiger partial charge in [0.1, 0.15) is 0 Å². The van der Waals surface area contributed by atoms with Crippen LogP contribution >= 0.6 is 0 Å². The second-order valence-corrected chi connectivity index (χ2v) is 8.62. The summed E-state index contributed by atoms with van der Waals surface area (Å²) >= 11 is 0. The molecule has 0 aliphatic heterocycles. The number of benzene rings is 1. The lowest BCUT2D eigenvalue weighted by Gasteiger charge is -2.33. The maximum Gasteiger partial charge on any atom is 0.199 e. The fourth-order valence-corrected chi connectivity index (χ4v) is 4.75. The number of aliphatic hydroxyl groups excluding tert-OH is 1. The van der Waals surface area contributed by atoms with Crippen LogP contribution in [0.5, 0.6) is 0 Å². The summed E-state index contributed by atoms with van der Waals surface area (Å²) in [5.41, 5.74) is 1.30. The van der Waals surface area contributed by atoms with E-state index in [0.29, 0.717) is 18.3 Å². The van der Waals surface area contributed by atoms with Gasteiger partial charge in [0.2, 0.25) is 0 Å².